The number of hydrogen-bond donors (Lipinski definition) is 1. The highest BCUT2D eigenvalue weighted by Crippen LogP contribution is 2.34. The van der Waals surface area contributed by atoms with Gasteiger partial charge < -0.3 is 9.84 Å². The van der Waals surface area contributed by atoms with E-state index in [0.717, 1.165) is 24.4 Å². The molecule has 22 heavy (non-hydrogen) atoms. The second kappa shape index (κ2) is 5.78. The molecular formula is C12H11B3F2N2O3. The topological polar surface area (TPSA) is 72.3 Å². The van der Waals surface area contributed by atoms with Crippen molar-refractivity contribution in [2.75, 3.05) is 0 Å². The Morgan fingerprint density at radius 2 is 1.82 bits per heavy atom. The van der Waals surface area contributed by atoms with Crippen molar-refractivity contribution >= 4 is 29.5 Å². The molecule has 0 fully saturated rings. The van der Waals surface area contributed by atoms with Gasteiger partial charge in [-0.1, -0.05) is 0 Å². The highest BCUT2D eigenvalue weighted by molar-refractivity contribution is 6.58. The monoisotopic (exact) mass is 302 g/mol. The number of nitrogens with zero attached hydrogens (tertiary/aromatic N) is 2. The van der Waals surface area contributed by atoms with Gasteiger partial charge in [0.15, 0.2) is 23.1 Å². The molecule has 10 heteroatoms. The number of rotatable bonds is 4. The zero-order valence-corrected chi connectivity index (χ0v) is 12.2. The SMILES string of the molecule is BC(B)(B)Oc1c(F)ccc(F)c1-c1nccc(C(=O)O)n1. The number of carboxylic acids is 1. The van der Waals surface area contributed by atoms with E-state index < -0.39 is 22.9 Å². The van der Waals surface area contributed by atoms with Crippen molar-refractivity contribution in [3.8, 4) is 17.1 Å². The van der Waals surface area contributed by atoms with Crippen LogP contribution in [0.4, 0.5) is 8.78 Å². The Bertz CT molecular complexity index is 738. The zero-order chi connectivity index (χ0) is 16.5. The highest BCUT2D eigenvalue weighted by Gasteiger charge is 2.24. The van der Waals surface area contributed by atoms with Gasteiger partial charge in [-0.25, -0.2) is 23.5 Å². The molecule has 0 amide bonds. The van der Waals surface area contributed by atoms with Crippen molar-refractivity contribution in [1.82, 2.24) is 9.97 Å². The molecule has 5 nitrogen and oxygen atoms in total. The molecule has 0 radical (unpaired) electrons. The van der Waals surface area contributed by atoms with Gasteiger partial charge in [-0.15, -0.1) is 0 Å². The van der Waals surface area contributed by atoms with Crippen LogP contribution >= 0.6 is 0 Å². The van der Waals surface area contributed by atoms with E-state index in [0.29, 0.717) is 0 Å². The van der Waals surface area contributed by atoms with Crippen molar-refractivity contribution in [3.05, 3.63) is 41.7 Å². The number of hydrogen-bond acceptors (Lipinski definition) is 4. The summed E-state index contributed by atoms with van der Waals surface area (Å²) in [5, 5.41) is 8.16. The van der Waals surface area contributed by atoms with Gasteiger partial charge in [0.05, 0.1) is 5.56 Å². The van der Waals surface area contributed by atoms with Gasteiger partial charge in [-0.05, 0) is 18.2 Å². The molecule has 1 heterocycles. The van der Waals surface area contributed by atoms with Crippen LogP contribution in [0.5, 0.6) is 5.75 Å². The Kier molecular flexibility index (Phi) is 4.21. The molecule has 0 spiro atoms. The molecule has 1 N–H and O–H groups in total. The predicted octanol–water partition coefficient (Wildman–Crippen LogP) is -0.991. The van der Waals surface area contributed by atoms with Crippen LogP contribution in [0.3, 0.4) is 0 Å². The minimum atomic E-state index is -1.29. The van der Waals surface area contributed by atoms with Gasteiger partial charge in [0.25, 0.3) is 0 Å². The van der Waals surface area contributed by atoms with Crippen molar-refractivity contribution in [2.24, 2.45) is 0 Å². The van der Waals surface area contributed by atoms with Crippen LogP contribution in [0.25, 0.3) is 11.4 Å². The molecule has 0 saturated carbocycles. The lowest BCUT2D eigenvalue weighted by atomic mass is 9.52. The van der Waals surface area contributed by atoms with Crippen LogP contribution in [0.15, 0.2) is 24.4 Å². The Balaban J connectivity index is 2.66. The third-order valence-corrected chi connectivity index (χ3v) is 2.57. The molecular weight excluding hydrogens is 291 g/mol. The number of aromatic carboxylic acids is 1. The minimum Gasteiger partial charge on any atom is -0.510 e. The number of carbonyl (C=O) groups is 1. The molecule has 0 aliphatic carbocycles. The first-order valence-corrected chi connectivity index (χ1v) is 6.43. The van der Waals surface area contributed by atoms with E-state index >= 15 is 0 Å². The minimum absolute atomic E-state index is 0.254. The predicted molar refractivity (Wildman–Crippen MR) is 83.3 cm³/mol. The summed E-state index contributed by atoms with van der Waals surface area (Å²) in [6.07, 6.45) is 1.16. The Hall–Kier alpha value is -2.38. The van der Waals surface area contributed by atoms with E-state index in [-0.39, 0.29) is 22.8 Å². The Morgan fingerprint density at radius 3 is 2.41 bits per heavy atom. The lowest BCUT2D eigenvalue weighted by molar-refractivity contribution is 0.0690. The van der Waals surface area contributed by atoms with Crippen molar-refractivity contribution in [2.45, 2.75) is 5.30 Å². The fourth-order valence-electron chi connectivity index (χ4n) is 1.75. The summed E-state index contributed by atoms with van der Waals surface area (Å²) in [6.45, 7) is 0. The van der Waals surface area contributed by atoms with Gasteiger partial charge >= 0.3 is 5.97 Å². The number of ether oxygens (including phenoxy) is 1. The normalized spacial score (nSPS) is 11.2. The number of aromatic nitrogens is 2. The lowest BCUT2D eigenvalue weighted by Crippen LogP contribution is -2.38. The molecule has 2 rings (SSSR count). The van der Waals surface area contributed by atoms with Crippen molar-refractivity contribution < 1.29 is 23.4 Å². The highest BCUT2D eigenvalue weighted by atomic mass is 19.1. The van der Waals surface area contributed by atoms with Gasteiger partial charge in [0.1, 0.15) is 29.4 Å². The van der Waals surface area contributed by atoms with Gasteiger partial charge in [0, 0.05) is 11.5 Å². The lowest BCUT2D eigenvalue weighted by Gasteiger charge is -2.24. The quantitative estimate of drug-likeness (QED) is 0.734. The fraction of sp³-hybridized carbons (Fsp3) is 0.0833. The van der Waals surface area contributed by atoms with Crippen LogP contribution in [0.2, 0.25) is 0 Å². The van der Waals surface area contributed by atoms with E-state index in [1.54, 1.807) is 23.5 Å². The molecule has 110 valence electrons. The summed E-state index contributed by atoms with van der Waals surface area (Å²) in [5.74, 6) is -3.48. The smallest absolute Gasteiger partial charge is 0.354 e. The average molecular weight is 302 g/mol. The number of carboxylic acid groups (broad SMARTS) is 1. The fourth-order valence-corrected chi connectivity index (χ4v) is 1.75. The second-order valence-electron chi connectivity index (χ2n) is 5.52. The zero-order valence-electron chi connectivity index (χ0n) is 12.2. The van der Waals surface area contributed by atoms with Crippen molar-refractivity contribution in [1.29, 1.82) is 0 Å². The molecule has 1 aromatic heterocycles. The first-order valence-electron chi connectivity index (χ1n) is 6.43. The van der Waals surface area contributed by atoms with E-state index in [4.69, 9.17) is 9.84 Å². The third kappa shape index (κ3) is 3.44. The summed E-state index contributed by atoms with van der Waals surface area (Å²) in [6, 6.07) is 3.01. The second-order valence-corrected chi connectivity index (χ2v) is 5.52. The summed E-state index contributed by atoms with van der Waals surface area (Å²) < 4.78 is 33.6. The molecule has 1 aromatic carbocycles. The van der Waals surface area contributed by atoms with Crippen LogP contribution in [-0.2, 0) is 0 Å². The Labute approximate surface area is 128 Å². The van der Waals surface area contributed by atoms with Crippen LogP contribution in [0, 0.1) is 11.6 Å². The summed E-state index contributed by atoms with van der Waals surface area (Å²) in [5.41, 5.74) is -0.631. The Morgan fingerprint density at radius 1 is 1.18 bits per heavy atom. The van der Waals surface area contributed by atoms with Crippen LogP contribution < -0.4 is 4.74 Å². The van der Waals surface area contributed by atoms with Crippen LogP contribution in [0.1, 0.15) is 10.5 Å². The summed E-state index contributed by atoms with van der Waals surface area (Å²) in [4.78, 5) is 18.5. The molecule has 2 aromatic rings. The molecule has 0 unspecified atom stereocenters. The molecule has 0 atom stereocenters. The molecule has 0 aliphatic rings. The van der Waals surface area contributed by atoms with Crippen LogP contribution in [-0.4, -0.2) is 49.9 Å². The van der Waals surface area contributed by atoms with Crippen molar-refractivity contribution in [3.63, 3.8) is 0 Å². The van der Waals surface area contributed by atoms with Gasteiger partial charge in [0.2, 0.25) is 0 Å². The maximum Gasteiger partial charge on any atom is 0.354 e. The third-order valence-electron chi connectivity index (χ3n) is 2.57. The standard InChI is InChI=1S/C12H11B3F2N2O3/c13-12(14,15)22-9-6(17)2-1-5(16)8(9)10-18-4-3-7(19-10)11(20)21/h1-4H,13-15H2,(H,20,21). The van der Waals surface area contributed by atoms with E-state index in [1.807, 2.05) is 0 Å². The number of benzene rings is 1. The maximum atomic E-state index is 14.1. The molecule has 0 bridgehead atoms. The maximum absolute atomic E-state index is 14.1. The molecule has 0 saturated heterocycles. The first kappa shape index (κ1) is 16.0. The largest absolute Gasteiger partial charge is 0.510 e. The van der Waals surface area contributed by atoms with E-state index in [9.17, 15) is 13.6 Å². The first-order chi connectivity index (χ1) is 10.2. The van der Waals surface area contributed by atoms with Gasteiger partial charge in [-0.2, -0.15) is 0 Å². The summed E-state index contributed by atoms with van der Waals surface area (Å²) >= 11 is 0. The average Bonchev–Trinajstić information content (AvgIpc) is 2.42. The van der Waals surface area contributed by atoms with E-state index in [2.05, 4.69) is 9.97 Å². The van der Waals surface area contributed by atoms with Gasteiger partial charge in [-0.3, -0.25) is 0 Å². The molecule has 0 aliphatic heterocycles. The number of halogens is 2. The summed E-state index contributed by atoms with van der Waals surface area (Å²) in [7, 11) is 5.03. The van der Waals surface area contributed by atoms with E-state index in [1.165, 1.54) is 0 Å².